The van der Waals surface area contributed by atoms with E-state index in [0.717, 1.165) is 22.4 Å². The van der Waals surface area contributed by atoms with E-state index in [2.05, 4.69) is 36.3 Å². The molecule has 1 heterocycles. The molecule has 2 heteroatoms. The van der Waals surface area contributed by atoms with E-state index >= 15 is 0 Å². The highest BCUT2D eigenvalue weighted by atomic mass is 14.9. The Morgan fingerprint density at radius 1 is 1.22 bits per heavy atom. The number of allylic oxidation sites excluding steroid dienone is 3. The maximum absolute atomic E-state index is 4.48. The van der Waals surface area contributed by atoms with Gasteiger partial charge < -0.3 is 0 Å². The summed E-state index contributed by atoms with van der Waals surface area (Å²) in [5.74, 6) is 0.667. The topological polar surface area (TPSA) is 25.2 Å². The van der Waals surface area contributed by atoms with Gasteiger partial charge in [0.25, 0.3) is 0 Å². The summed E-state index contributed by atoms with van der Waals surface area (Å²) in [4.78, 5) is 8.47. The summed E-state index contributed by atoms with van der Waals surface area (Å²) in [6.07, 6.45) is 11.7. The van der Waals surface area contributed by atoms with Crippen LogP contribution in [0.25, 0.3) is 12.2 Å². The molecule has 92 valence electrons. The molecule has 0 aliphatic carbocycles. The summed E-state index contributed by atoms with van der Waals surface area (Å²) in [7, 11) is 0. The summed E-state index contributed by atoms with van der Waals surface area (Å²) in [6.45, 7) is 13.3. The van der Waals surface area contributed by atoms with Crippen molar-refractivity contribution in [2.45, 2.75) is 20.8 Å². The fourth-order valence-electron chi connectivity index (χ4n) is 1.79. The second kappa shape index (κ2) is 6.60. The van der Waals surface area contributed by atoms with Gasteiger partial charge in [0.1, 0.15) is 0 Å². The molecule has 1 aromatic rings. The molecule has 0 aliphatic rings. The Morgan fingerprint density at radius 3 is 2.50 bits per heavy atom. The lowest BCUT2D eigenvalue weighted by Gasteiger charge is -2.08. The predicted molar refractivity (Wildman–Crippen MR) is 81.2 cm³/mol. The molecular formula is C16H19N2+. The molecule has 0 atom stereocenters. The van der Waals surface area contributed by atoms with Gasteiger partial charge >= 0.3 is 0 Å². The van der Waals surface area contributed by atoms with E-state index in [4.69, 9.17) is 0 Å². The minimum Gasteiger partial charge on any atom is -0.245 e. The quantitative estimate of drug-likeness (QED) is 0.423. The lowest BCUT2D eigenvalue weighted by atomic mass is 10.0. The molecule has 0 fully saturated rings. The molecule has 0 N–H and O–H groups in total. The maximum atomic E-state index is 4.48. The Hall–Kier alpha value is -2.09. The molecule has 0 amide bonds. The van der Waals surface area contributed by atoms with Crippen LogP contribution < -0.4 is 0 Å². The highest BCUT2D eigenvalue weighted by Gasteiger charge is 2.12. The minimum absolute atomic E-state index is 0.667. The van der Waals surface area contributed by atoms with Gasteiger partial charge in [0.05, 0.1) is 23.4 Å². The molecule has 1 aromatic heterocycles. The first-order valence-electron chi connectivity index (χ1n) is 5.88. The highest BCUT2D eigenvalue weighted by Crippen LogP contribution is 2.27. The van der Waals surface area contributed by atoms with Crippen LogP contribution in [0.2, 0.25) is 0 Å². The molecule has 0 spiro atoms. The largest absolute Gasteiger partial charge is 0.245 e. The van der Waals surface area contributed by atoms with Gasteiger partial charge in [0, 0.05) is 18.9 Å². The van der Waals surface area contributed by atoms with Gasteiger partial charge in [-0.3, -0.25) is 0 Å². The highest BCUT2D eigenvalue weighted by molar-refractivity contribution is 5.72. The number of rotatable bonds is 5. The van der Waals surface area contributed by atoms with Crippen LogP contribution in [0.4, 0.5) is 5.82 Å². The van der Waals surface area contributed by atoms with Gasteiger partial charge in [-0.2, -0.15) is 0 Å². The summed E-state index contributed by atoms with van der Waals surface area (Å²) < 4.78 is 0. The van der Waals surface area contributed by atoms with Crippen molar-refractivity contribution < 1.29 is 0 Å². The zero-order valence-corrected chi connectivity index (χ0v) is 11.3. The van der Waals surface area contributed by atoms with Crippen LogP contribution >= 0.6 is 0 Å². The van der Waals surface area contributed by atoms with Crippen LogP contribution in [0.15, 0.2) is 29.8 Å². The molecule has 0 saturated heterocycles. The van der Waals surface area contributed by atoms with Crippen molar-refractivity contribution in [3.63, 3.8) is 0 Å². The number of hydrogen-bond acceptors (Lipinski definition) is 2. The molecule has 0 aromatic carbocycles. The Balaban J connectivity index is 3.47. The Labute approximate surface area is 109 Å². The van der Waals surface area contributed by atoms with E-state index < -0.39 is 0 Å². The van der Waals surface area contributed by atoms with Crippen LogP contribution in [-0.4, -0.2) is 11.7 Å². The maximum Gasteiger partial charge on any atom is 0.159 e. The lowest BCUT2D eigenvalue weighted by Crippen LogP contribution is -1.96. The predicted octanol–water partition coefficient (Wildman–Crippen LogP) is 4.47. The van der Waals surface area contributed by atoms with Crippen molar-refractivity contribution >= 4 is 24.7 Å². The van der Waals surface area contributed by atoms with E-state index in [0.29, 0.717) is 5.82 Å². The smallest absolute Gasteiger partial charge is 0.159 e. The molecule has 1 rings (SSSR count). The van der Waals surface area contributed by atoms with Crippen LogP contribution in [0.3, 0.4) is 0 Å². The fraction of sp³-hybridized carbons (Fsp3) is 0.188. The SMILES string of the molecule is C=C/C=C\c1c(N=C)nc(C)c(/C=C\[CH+]C)c1C. The van der Waals surface area contributed by atoms with Gasteiger partial charge in [-0.05, 0) is 26.1 Å². The number of pyridine rings is 1. The van der Waals surface area contributed by atoms with E-state index in [1.165, 1.54) is 0 Å². The molecular weight excluding hydrogens is 220 g/mol. The zero-order chi connectivity index (χ0) is 13.5. The van der Waals surface area contributed by atoms with Gasteiger partial charge in [-0.25, -0.2) is 9.98 Å². The van der Waals surface area contributed by atoms with E-state index in [1.54, 1.807) is 6.08 Å². The minimum atomic E-state index is 0.667. The normalized spacial score (nSPS) is 11.1. The Bertz CT molecular complexity index is 508. The number of nitrogens with zero attached hydrogens (tertiary/aromatic N) is 2. The number of aryl methyl sites for hydroxylation is 1. The van der Waals surface area contributed by atoms with Crippen molar-refractivity contribution in [1.29, 1.82) is 0 Å². The monoisotopic (exact) mass is 239 g/mol. The third-order valence-corrected chi connectivity index (χ3v) is 2.72. The van der Waals surface area contributed by atoms with Gasteiger partial charge in [0.2, 0.25) is 0 Å². The number of aliphatic imine (C=N–C) groups is 1. The van der Waals surface area contributed by atoms with Gasteiger partial charge in [-0.15, -0.1) is 0 Å². The standard InChI is InChI=1S/C16H19N2/c1-6-8-10-14-12(3)15(11-9-7-2)16(17-5)18-13(14)4/h6-11H,2,5H2,1,3-4H3/q+1/b10-8-,11-9-. The second-order valence-electron chi connectivity index (χ2n) is 3.92. The van der Waals surface area contributed by atoms with Crippen LogP contribution in [0.5, 0.6) is 0 Å². The number of aromatic nitrogens is 1. The van der Waals surface area contributed by atoms with Crippen molar-refractivity contribution in [2.75, 3.05) is 0 Å². The molecule has 0 radical (unpaired) electrons. The Kier molecular flexibility index (Phi) is 5.12. The van der Waals surface area contributed by atoms with Crippen LogP contribution in [-0.2, 0) is 0 Å². The van der Waals surface area contributed by atoms with E-state index in [9.17, 15) is 0 Å². The van der Waals surface area contributed by atoms with Gasteiger partial charge in [0.15, 0.2) is 5.82 Å². The summed E-state index contributed by atoms with van der Waals surface area (Å²) >= 11 is 0. The first-order valence-corrected chi connectivity index (χ1v) is 5.88. The molecule has 0 unspecified atom stereocenters. The second-order valence-corrected chi connectivity index (χ2v) is 3.92. The summed E-state index contributed by atoms with van der Waals surface area (Å²) in [6, 6.07) is 0. The fourth-order valence-corrected chi connectivity index (χ4v) is 1.79. The van der Waals surface area contributed by atoms with Crippen molar-refractivity contribution in [3.05, 3.63) is 53.6 Å². The third kappa shape index (κ3) is 2.98. The number of hydrogen-bond donors (Lipinski definition) is 0. The molecule has 2 nitrogen and oxygen atoms in total. The molecule has 0 bridgehead atoms. The summed E-state index contributed by atoms with van der Waals surface area (Å²) in [5.41, 5.74) is 4.24. The first kappa shape index (κ1) is 14.0. The van der Waals surface area contributed by atoms with Crippen molar-refractivity contribution in [2.24, 2.45) is 4.99 Å². The lowest BCUT2D eigenvalue weighted by molar-refractivity contribution is 1.14. The summed E-state index contributed by atoms with van der Waals surface area (Å²) in [5, 5.41) is 0. The average molecular weight is 239 g/mol. The van der Waals surface area contributed by atoms with Crippen LogP contribution in [0, 0.1) is 20.3 Å². The molecule has 0 saturated carbocycles. The molecule has 18 heavy (non-hydrogen) atoms. The van der Waals surface area contributed by atoms with Crippen LogP contribution in [0.1, 0.15) is 29.3 Å². The zero-order valence-electron chi connectivity index (χ0n) is 11.3. The molecule has 0 aliphatic heterocycles. The first-order chi connectivity index (χ1) is 8.65. The Morgan fingerprint density at radius 2 is 1.94 bits per heavy atom. The van der Waals surface area contributed by atoms with Gasteiger partial charge in [-0.1, -0.05) is 24.8 Å². The van der Waals surface area contributed by atoms with Crippen molar-refractivity contribution in [1.82, 2.24) is 4.98 Å². The third-order valence-electron chi connectivity index (χ3n) is 2.72. The van der Waals surface area contributed by atoms with E-state index in [-0.39, 0.29) is 0 Å². The van der Waals surface area contributed by atoms with Crippen molar-refractivity contribution in [3.8, 4) is 0 Å². The average Bonchev–Trinajstić information content (AvgIpc) is 2.37. The van der Waals surface area contributed by atoms with E-state index in [1.807, 2.05) is 38.5 Å².